The van der Waals surface area contributed by atoms with Gasteiger partial charge in [-0.2, -0.15) is 0 Å². The SMILES string of the molecule is [W].[W]=[CH]Cc1ccc[n-]1. The van der Waals surface area contributed by atoms with Crippen LogP contribution in [0.15, 0.2) is 18.3 Å². The Balaban J connectivity index is 0.000000640. The van der Waals surface area contributed by atoms with Crippen molar-refractivity contribution in [3.8, 4) is 0 Å². The van der Waals surface area contributed by atoms with Gasteiger partial charge in [-0.05, 0) is 0 Å². The van der Waals surface area contributed by atoms with Gasteiger partial charge in [-0.25, -0.2) is 0 Å². The molecule has 1 aromatic heterocycles. The average Bonchev–Trinajstić information content (AvgIpc) is 2.19. The van der Waals surface area contributed by atoms with Crippen molar-refractivity contribution in [1.29, 1.82) is 0 Å². The summed E-state index contributed by atoms with van der Waals surface area (Å²) >= 11 is 1.52. The van der Waals surface area contributed by atoms with Crippen LogP contribution in [-0.2, 0) is 46.8 Å². The summed E-state index contributed by atoms with van der Waals surface area (Å²) in [5, 5.41) is 0. The second-order valence-corrected chi connectivity index (χ2v) is 2.70. The number of aromatic nitrogens is 1. The van der Waals surface area contributed by atoms with Gasteiger partial charge in [-0.1, -0.05) is 0 Å². The first-order valence-corrected chi connectivity index (χ1v) is 4.13. The molecule has 3 heteroatoms. The van der Waals surface area contributed by atoms with Gasteiger partial charge in [0.1, 0.15) is 0 Å². The van der Waals surface area contributed by atoms with Gasteiger partial charge >= 0.3 is 59.2 Å². The van der Waals surface area contributed by atoms with Gasteiger partial charge in [-0.15, -0.1) is 0 Å². The summed E-state index contributed by atoms with van der Waals surface area (Å²) in [6.45, 7) is 0. The molecular formula is C6H6NW2-. The summed E-state index contributed by atoms with van der Waals surface area (Å²) in [6, 6.07) is 4.01. The minimum absolute atomic E-state index is 0. The molecule has 48 valence electrons. The molecule has 0 unspecified atom stereocenters. The summed E-state index contributed by atoms with van der Waals surface area (Å²) in [6.07, 6.45) is 2.86. The van der Waals surface area contributed by atoms with Gasteiger partial charge < -0.3 is 0 Å². The van der Waals surface area contributed by atoms with Crippen molar-refractivity contribution in [2.75, 3.05) is 0 Å². The van der Waals surface area contributed by atoms with Crippen molar-refractivity contribution in [2.45, 2.75) is 6.42 Å². The van der Waals surface area contributed by atoms with Gasteiger partial charge in [0.15, 0.2) is 0 Å². The van der Waals surface area contributed by atoms with E-state index in [9.17, 15) is 0 Å². The third kappa shape index (κ3) is 3.28. The van der Waals surface area contributed by atoms with Crippen LogP contribution in [0.25, 0.3) is 0 Å². The zero-order valence-electron chi connectivity index (χ0n) is 4.78. The molecule has 0 aliphatic carbocycles. The molecule has 0 atom stereocenters. The number of hydrogen-bond acceptors (Lipinski definition) is 0. The Morgan fingerprint density at radius 3 is 2.89 bits per heavy atom. The zero-order chi connectivity index (χ0) is 5.82. The predicted octanol–water partition coefficient (Wildman–Crippen LogP) is 0.533. The molecule has 0 spiro atoms. The number of rotatable bonds is 2. The molecule has 0 fully saturated rings. The summed E-state index contributed by atoms with van der Waals surface area (Å²) in [4.78, 5) is 4.09. The van der Waals surface area contributed by atoms with Crippen LogP contribution >= 0.6 is 0 Å². The first-order chi connectivity index (χ1) is 3.93. The van der Waals surface area contributed by atoms with Gasteiger partial charge in [0.25, 0.3) is 0 Å². The maximum atomic E-state index is 4.09. The Kier molecular flexibility index (Phi) is 5.63. The second kappa shape index (κ2) is 5.32. The Labute approximate surface area is 79.9 Å². The Morgan fingerprint density at radius 1 is 1.67 bits per heavy atom. The van der Waals surface area contributed by atoms with Crippen LogP contribution in [0.4, 0.5) is 0 Å². The molecule has 0 saturated heterocycles. The minimum atomic E-state index is 0. The number of hydrogen-bond donors (Lipinski definition) is 0. The Bertz CT molecular complexity index is 158. The van der Waals surface area contributed by atoms with E-state index in [1.165, 1.54) is 25.0 Å². The first kappa shape index (κ1) is 9.53. The van der Waals surface area contributed by atoms with Crippen molar-refractivity contribution in [3.63, 3.8) is 0 Å². The fourth-order valence-corrected chi connectivity index (χ4v) is 1.16. The molecule has 1 heterocycles. The molecule has 0 aliphatic heterocycles. The van der Waals surface area contributed by atoms with E-state index < -0.39 is 0 Å². The van der Waals surface area contributed by atoms with Crippen molar-refractivity contribution in [1.82, 2.24) is 4.98 Å². The van der Waals surface area contributed by atoms with Crippen molar-refractivity contribution in [2.24, 2.45) is 0 Å². The summed E-state index contributed by atoms with van der Waals surface area (Å²) in [5.74, 6) is 0. The average molecular weight is 460 g/mol. The van der Waals surface area contributed by atoms with Crippen LogP contribution in [0, 0.1) is 0 Å². The maximum absolute atomic E-state index is 4.09. The van der Waals surface area contributed by atoms with Crippen LogP contribution in [0.3, 0.4) is 0 Å². The van der Waals surface area contributed by atoms with Crippen LogP contribution in [0.5, 0.6) is 0 Å². The standard InChI is InChI=1S/C6H6N.2W/c1-2-6-4-3-5-7-6;;/h1,3-5H,2H2;;/q-1;;. The van der Waals surface area contributed by atoms with Gasteiger partial charge in [0.2, 0.25) is 0 Å². The van der Waals surface area contributed by atoms with E-state index in [1.54, 1.807) is 0 Å². The Hall–Kier alpha value is 0.527. The van der Waals surface area contributed by atoms with E-state index in [0.29, 0.717) is 0 Å². The molecular weight excluding hydrogens is 454 g/mol. The van der Waals surface area contributed by atoms with Gasteiger partial charge in [0, 0.05) is 21.1 Å². The molecule has 1 rings (SSSR count). The number of nitrogens with zero attached hydrogens (tertiary/aromatic N) is 1. The van der Waals surface area contributed by atoms with Gasteiger partial charge in [0.05, 0.1) is 0 Å². The molecule has 1 nitrogen and oxygen atoms in total. The van der Waals surface area contributed by atoms with Crippen LogP contribution in [-0.4, -0.2) is 4.40 Å². The molecule has 0 bridgehead atoms. The first-order valence-electron chi connectivity index (χ1n) is 2.43. The van der Waals surface area contributed by atoms with E-state index in [4.69, 9.17) is 0 Å². The van der Waals surface area contributed by atoms with E-state index in [0.717, 1.165) is 6.42 Å². The van der Waals surface area contributed by atoms with E-state index >= 15 is 0 Å². The fourth-order valence-electron chi connectivity index (χ4n) is 0.542. The van der Waals surface area contributed by atoms with Crippen molar-refractivity contribution in [3.05, 3.63) is 24.0 Å². The molecule has 0 saturated carbocycles. The summed E-state index contributed by atoms with van der Waals surface area (Å²) in [5.41, 5.74) is 1.18. The van der Waals surface area contributed by atoms with E-state index in [2.05, 4.69) is 9.38 Å². The molecule has 0 radical (unpaired) electrons. The molecule has 0 N–H and O–H groups in total. The van der Waals surface area contributed by atoms with Crippen LogP contribution in [0.2, 0.25) is 0 Å². The Morgan fingerprint density at radius 2 is 2.44 bits per heavy atom. The topological polar surface area (TPSA) is 14.1 Å². The zero-order valence-corrected chi connectivity index (χ0v) is 10.6. The van der Waals surface area contributed by atoms with Crippen LogP contribution in [0.1, 0.15) is 5.69 Å². The third-order valence-electron chi connectivity index (χ3n) is 0.908. The molecule has 0 aromatic carbocycles. The van der Waals surface area contributed by atoms with E-state index in [1.807, 2.05) is 18.3 Å². The molecule has 0 aliphatic rings. The van der Waals surface area contributed by atoms with Gasteiger partial charge in [-0.3, -0.25) is 0 Å². The monoisotopic (exact) mass is 460 g/mol. The quantitative estimate of drug-likeness (QED) is 0.629. The molecule has 1 aromatic rings. The molecule has 9 heavy (non-hydrogen) atoms. The van der Waals surface area contributed by atoms with Crippen molar-refractivity contribution < 1.29 is 40.4 Å². The summed E-state index contributed by atoms with van der Waals surface area (Å²) in [7, 11) is 0. The second-order valence-electron chi connectivity index (χ2n) is 1.50. The third-order valence-corrected chi connectivity index (χ3v) is 1.51. The van der Waals surface area contributed by atoms with E-state index in [-0.39, 0.29) is 21.1 Å². The molecule has 0 amide bonds. The predicted molar refractivity (Wildman–Crippen MR) is 29.5 cm³/mol. The van der Waals surface area contributed by atoms with Crippen molar-refractivity contribution >= 4 is 4.40 Å². The normalized spacial score (nSPS) is 8.00. The van der Waals surface area contributed by atoms with Crippen LogP contribution < -0.4 is 4.98 Å². The summed E-state index contributed by atoms with van der Waals surface area (Å²) < 4.78 is 2.18. The fraction of sp³-hybridized carbons (Fsp3) is 0.167.